The fraction of sp³-hybridized carbons (Fsp3) is 0.500. The molecule has 0 aliphatic carbocycles. The van der Waals surface area contributed by atoms with Crippen molar-refractivity contribution >= 4 is 5.82 Å². The molecule has 1 rings (SSSR count). The highest BCUT2D eigenvalue weighted by Gasteiger charge is 2.03. The second-order valence-corrected chi connectivity index (χ2v) is 2.70. The van der Waals surface area contributed by atoms with Crippen molar-refractivity contribution in [2.75, 3.05) is 5.73 Å². The van der Waals surface area contributed by atoms with Gasteiger partial charge in [0.25, 0.3) is 5.56 Å². The Morgan fingerprint density at radius 1 is 1.67 bits per heavy atom. The second-order valence-electron chi connectivity index (χ2n) is 2.70. The summed E-state index contributed by atoms with van der Waals surface area (Å²) in [5.74, 6) is 0.354. The van der Waals surface area contributed by atoms with Gasteiger partial charge in [0.2, 0.25) is 0 Å². The number of hydrogen-bond donors (Lipinski definition) is 2. The second kappa shape index (κ2) is 3.90. The molecule has 4 nitrogen and oxygen atoms in total. The van der Waals surface area contributed by atoms with Crippen molar-refractivity contribution in [1.29, 1.82) is 0 Å². The topological polar surface area (TPSA) is 71.8 Å². The van der Waals surface area contributed by atoms with Crippen LogP contribution in [0.1, 0.15) is 25.3 Å². The third-order valence-electron chi connectivity index (χ3n) is 1.76. The van der Waals surface area contributed by atoms with E-state index in [2.05, 4.69) is 16.9 Å². The zero-order chi connectivity index (χ0) is 8.97. The number of aromatic amines is 1. The van der Waals surface area contributed by atoms with Gasteiger partial charge in [0.05, 0.1) is 11.9 Å². The van der Waals surface area contributed by atoms with Crippen LogP contribution in [0, 0.1) is 0 Å². The molecule has 0 amide bonds. The van der Waals surface area contributed by atoms with Crippen LogP contribution in [0.3, 0.4) is 0 Å². The first-order valence-corrected chi connectivity index (χ1v) is 4.07. The molecule has 1 aromatic rings. The lowest BCUT2D eigenvalue weighted by Crippen LogP contribution is -2.16. The fourth-order valence-corrected chi connectivity index (χ4v) is 1.04. The van der Waals surface area contributed by atoms with E-state index < -0.39 is 0 Å². The van der Waals surface area contributed by atoms with E-state index in [1.807, 2.05) is 0 Å². The fourth-order valence-electron chi connectivity index (χ4n) is 1.04. The van der Waals surface area contributed by atoms with Crippen molar-refractivity contribution in [3.63, 3.8) is 0 Å². The van der Waals surface area contributed by atoms with Crippen LogP contribution in [-0.4, -0.2) is 9.97 Å². The molecule has 0 aromatic carbocycles. The molecule has 0 bridgehead atoms. The predicted octanol–water partition coefficient (Wildman–Crippen LogP) is 0.695. The van der Waals surface area contributed by atoms with Gasteiger partial charge in [0, 0.05) is 0 Å². The summed E-state index contributed by atoms with van der Waals surface area (Å²) in [5.41, 5.74) is 6.03. The number of hydrogen-bond acceptors (Lipinski definition) is 3. The molecule has 0 aliphatic rings. The molecule has 0 atom stereocenters. The normalized spacial score (nSPS) is 10.1. The summed E-state index contributed by atoms with van der Waals surface area (Å²) in [5, 5.41) is 0. The third kappa shape index (κ3) is 1.84. The van der Waals surface area contributed by atoms with E-state index in [0.717, 1.165) is 12.8 Å². The van der Waals surface area contributed by atoms with Crippen LogP contribution >= 0.6 is 0 Å². The zero-order valence-electron chi connectivity index (χ0n) is 7.13. The quantitative estimate of drug-likeness (QED) is 0.695. The zero-order valence-corrected chi connectivity index (χ0v) is 7.13. The lowest BCUT2D eigenvalue weighted by molar-refractivity contribution is 0.784. The lowest BCUT2D eigenvalue weighted by atomic mass is 10.1. The number of anilines is 1. The first-order valence-electron chi connectivity index (χ1n) is 4.07. The highest BCUT2D eigenvalue weighted by Crippen LogP contribution is 2.04. The van der Waals surface area contributed by atoms with E-state index in [1.54, 1.807) is 0 Å². The highest BCUT2D eigenvalue weighted by molar-refractivity contribution is 5.36. The van der Waals surface area contributed by atoms with Gasteiger partial charge in [0.1, 0.15) is 5.82 Å². The minimum Gasteiger partial charge on any atom is -0.383 e. The van der Waals surface area contributed by atoms with Crippen LogP contribution in [0.25, 0.3) is 0 Å². The van der Waals surface area contributed by atoms with Gasteiger partial charge < -0.3 is 10.7 Å². The minimum atomic E-state index is -0.115. The molecule has 0 spiro atoms. The van der Waals surface area contributed by atoms with Gasteiger partial charge in [-0.05, 0) is 12.8 Å². The Kier molecular flexibility index (Phi) is 2.85. The molecular formula is C8H13N3O. The molecule has 1 aromatic heterocycles. The Balaban J connectivity index is 2.89. The van der Waals surface area contributed by atoms with Crippen molar-refractivity contribution in [2.24, 2.45) is 0 Å². The summed E-state index contributed by atoms with van der Waals surface area (Å²) in [6, 6.07) is 0. The molecule has 4 heteroatoms. The molecule has 1 heterocycles. The van der Waals surface area contributed by atoms with E-state index in [0.29, 0.717) is 17.8 Å². The maximum Gasteiger partial charge on any atom is 0.255 e. The highest BCUT2D eigenvalue weighted by atomic mass is 16.1. The lowest BCUT2D eigenvalue weighted by Gasteiger charge is -2.00. The van der Waals surface area contributed by atoms with Gasteiger partial charge in [-0.2, -0.15) is 0 Å². The van der Waals surface area contributed by atoms with E-state index >= 15 is 0 Å². The molecule has 0 radical (unpaired) electrons. The summed E-state index contributed by atoms with van der Waals surface area (Å²) >= 11 is 0. The van der Waals surface area contributed by atoms with Gasteiger partial charge in [-0.15, -0.1) is 0 Å². The molecular weight excluding hydrogens is 154 g/mol. The van der Waals surface area contributed by atoms with Gasteiger partial charge in [-0.25, -0.2) is 4.98 Å². The minimum absolute atomic E-state index is 0.115. The predicted molar refractivity (Wildman–Crippen MR) is 47.9 cm³/mol. The van der Waals surface area contributed by atoms with Crippen LogP contribution in [0.15, 0.2) is 11.1 Å². The molecule has 3 N–H and O–H groups in total. The molecule has 0 saturated heterocycles. The van der Waals surface area contributed by atoms with E-state index in [4.69, 9.17) is 5.73 Å². The average molecular weight is 167 g/mol. The molecule has 66 valence electrons. The summed E-state index contributed by atoms with van der Waals surface area (Å²) in [6.45, 7) is 2.07. The van der Waals surface area contributed by atoms with Crippen molar-refractivity contribution in [3.05, 3.63) is 22.2 Å². The van der Waals surface area contributed by atoms with Crippen molar-refractivity contribution in [1.82, 2.24) is 9.97 Å². The largest absolute Gasteiger partial charge is 0.383 e. The van der Waals surface area contributed by atoms with Gasteiger partial charge >= 0.3 is 0 Å². The molecule has 0 saturated carbocycles. The Labute approximate surface area is 70.8 Å². The number of aromatic nitrogens is 2. The molecule has 0 aliphatic heterocycles. The van der Waals surface area contributed by atoms with Crippen molar-refractivity contribution in [2.45, 2.75) is 26.2 Å². The summed E-state index contributed by atoms with van der Waals surface area (Å²) in [6.07, 6.45) is 4.06. The number of nitrogens with one attached hydrogen (secondary N) is 1. The number of nitrogens with two attached hydrogens (primary N) is 1. The Morgan fingerprint density at radius 3 is 3.00 bits per heavy atom. The van der Waals surface area contributed by atoms with E-state index in [9.17, 15) is 4.79 Å². The van der Waals surface area contributed by atoms with E-state index in [1.165, 1.54) is 6.33 Å². The maximum atomic E-state index is 11.2. The smallest absolute Gasteiger partial charge is 0.255 e. The standard InChI is InChI=1S/C8H13N3O/c1-2-3-4-6-7(9)10-5-11-8(6)12/h5H,2-4H2,1H3,(H3,9,10,11,12). The van der Waals surface area contributed by atoms with Crippen molar-refractivity contribution < 1.29 is 0 Å². The first-order chi connectivity index (χ1) is 5.75. The summed E-state index contributed by atoms with van der Waals surface area (Å²) in [7, 11) is 0. The Bertz CT molecular complexity index is 305. The molecule has 0 fully saturated rings. The molecule has 0 unspecified atom stereocenters. The SMILES string of the molecule is CCCCc1c(N)nc[nH]c1=O. The first kappa shape index (κ1) is 8.77. The average Bonchev–Trinajstić information content (AvgIpc) is 2.04. The summed E-state index contributed by atoms with van der Waals surface area (Å²) < 4.78 is 0. The van der Waals surface area contributed by atoms with Crippen LogP contribution in [0.5, 0.6) is 0 Å². The van der Waals surface area contributed by atoms with Crippen molar-refractivity contribution in [3.8, 4) is 0 Å². The van der Waals surface area contributed by atoms with Crippen LogP contribution in [-0.2, 0) is 6.42 Å². The Hall–Kier alpha value is -1.32. The molecule has 12 heavy (non-hydrogen) atoms. The number of H-pyrrole nitrogens is 1. The third-order valence-corrected chi connectivity index (χ3v) is 1.76. The van der Waals surface area contributed by atoms with Crippen LogP contribution < -0.4 is 11.3 Å². The number of rotatable bonds is 3. The number of unbranched alkanes of at least 4 members (excludes halogenated alkanes) is 1. The number of nitrogens with zero attached hydrogens (tertiary/aromatic N) is 1. The van der Waals surface area contributed by atoms with Gasteiger partial charge in [0.15, 0.2) is 0 Å². The van der Waals surface area contributed by atoms with Crippen LogP contribution in [0.4, 0.5) is 5.82 Å². The maximum absolute atomic E-state index is 11.2. The Morgan fingerprint density at radius 2 is 2.42 bits per heavy atom. The van der Waals surface area contributed by atoms with E-state index in [-0.39, 0.29) is 5.56 Å². The monoisotopic (exact) mass is 167 g/mol. The number of nitrogen functional groups attached to an aromatic ring is 1. The van der Waals surface area contributed by atoms with Gasteiger partial charge in [-0.1, -0.05) is 13.3 Å². The summed E-state index contributed by atoms with van der Waals surface area (Å²) in [4.78, 5) is 17.5. The van der Waals surface area contributed by atoms with Gasteiger partial charge in [-0.3, -0.25) is 4.79 Å². The van der Waals surface area contributed by atoms with Crippen LogP contribution in [0.2, 0.25) is 0 Å².